The first-order valence-corrected chi connectivity index (χ1v) is 5.55. The van der Waals surface area contributed by atoms with Crippen molar-refractivity contribution in [2.24, 2.45) is 0 Å². The molecule has 0 radical (unpaired) electrons. The van der Waals surface area contributed by atoms with Crippen molar-refractivity contribution in [1.29, 1.82) is 0 Å². The van der Waals surface area contributed by atoms with Gasteiger partial charge in [-0.05, 0) is 27.2 Å². The molecule has 0 bridgehead atoms. The molecule has 0 saturated carbocycles. The lowest BCUT2D eigenvalue weighted by Crippen LogP contribution is -2.45. The fourth-order valence-corrected chi connectivity index (χ4v) is 1.25. The molecule has 0 aromatic carbocycles. The zero-order valence-corrected chi connectivity index (χ0v) is 10.7. The number of hydrogen-bond acceptors (Lipinski definition) is 4. The third kappa shape index (κ3) is 7.57. The van der Waals surface area contributed by atoms with Crippen LogP contribution >= 0.6 is 0 Å². The van der Waals surface area contributed by atoms with E-state index in [1.54, 1.807) is 27.7 Å². The molecule has 0 saturated heterocycles. The van der Waals surface area contributed by atoms with Gasteiger partial charge in [-0.15, -0.1) is 0 Å². The van der Waals surface area contributed by atoms with Gasteiger partial charge in [0.2, 0.25) is 0 Å². The second-order valence-electron chi connectivity index (χ2n) is 4.83. The number of nitrogens with one attached hydrogen (secondary N) is 1. The summed E-state index contributed by atoms with van der Waals surface area (Å²) in [7, 11) is 0. The van der Waals surface area contributed by atoms with E-state index in [9.17, 15) is 14.7 Å². The first kappa shape index (κ1) is 15.7. The Balaban J connectivity index is 4.30. The molecule has 0 unspecified atom stereocenters. The van der Waals surface area contributed by atoms with Crippen LogP contribution in [0.2, 0.25) is 0 Å². The molecule has 0 rings (SSSR count). The molecule has 0 aliphatic carbocycles. The quantitative estimate of drug-likeness (QED) is 0.676. The largest absolute Gasteiger partial charge is 0.481 e. The molecule has 0 fully saturated rings. The predicted octanol–water partition coefficient (Wildman–Crippen LogP) is 1.13. The van der Waals surface area contributed by atoms with Gasteiger partial charge in [-0.2, -0.15) is 0 Å². The molecule has 0 aromatic heterocycles. The summed E-state index contributed by atoms with van der Waals surface area (Å²) in [5, 5.41) is 20.6. The normalized spacial score (nSPS) is 14.9. The summed E-state index contributed by atoms with van der Waals surface area (Å²) in [6, 6.07) is -0.624. The lowest BCUT2D eigenvalue weighted by molar-refractivity contribution is -0.139. The number of carbonyl (C=O) groups excluding carboxylic acids is 1. The second-order valence-corrected chi connectivity index (χ2v) is 4.83. The number of hydrogen-bond donors (Lipinski definition) is 3. The zero-order chi connectivity index (χ0) is 13.6. The highest BCUT2D eigenvalue weighted by Crippen LogP contribution is 2.09. The highest BCUT2D eigenvalue weighted by molar-refractivity contribution is 5.69. The van der Waals surface area contributed by atoms with Gasteiger partial charge in [0.1, 0.15) is 5.60 Å². The van der Waals surface area contributed by atoms with Crippen molar-refractivity contribution in [2.45, 2.75) is 58.3 Å². The Kier molecular flexibility index (Phi) is 5.95. The number of aliphatic hydroxyl groups excluding tert-OH is 1. The monoisotopic (exact) mass is 247 g/mol. The van der Waals surface area contributed by atoms with Crippen LogP contribution in [-0.2, 0) is 9.53 Å². The summed E-state index contributed by atoms with van der Waals surface area (Å²) in [5.74, 6) is -1.11. The number of aliphatic carboxylic acids is 1. The number of ether oxygens (including phenoxy) is 1. The fourth-order valence-electron chi connectivity index (χ4n) is 1.25. The van der Waals surface area contributed by atoms with E-state index in [-0.39, 0.29) is 0 Å². The smallest absolute Gasteiger partial charge is 0.407 e. The molecule has 6 heteroatoms. The summed E-state index contributed by atoms with van der Waals surface area (Å²) in [6.45, 7) is 6.91. The van der Waals surface area contributed by atoms with E-state index in [4.69, 9.17) is 9.84 Å². The van der Waals surface area contributed by atoms with E-state index >= 15 is 0 Å². The Morgan fingerprint density at radius 1 is 1.35 bits per heavy atom. The number of carboxylic acid groups (broad SMARTS) is 1. The van der Waals surface area contributed by atoms with E-state index in [0.29, 0.717) is 6.42 Å². The molecule has 0 heterocycles. The van der Waals surface area contributed by atoms with Crippen LogP contribution in [0.3, 0.4) is 0 Å². The molecular weight excluding hydrogens is 226 g/mol. The summed E-state index contributed by atoms with van der Waals surface area (Å²) in [5.41, 5.74) is -0.625. The van der Waals surface area contributed by atoms with Crippen molar-refractivity contribution in [3.8, 4) is 0 Å². The average molecular weight is 247 g/mol. The Morgan fingerprint density at radius 3 is 2.24 bits per heavy atom. The van der Waals surface area contributed by atoms with Crippen molar-refractivity contribution < 1.29 is 24.5 Å². The SMILES string of the molecule is CC[C@@H](NC(=O)OC(C)(C)C)[C@H](O)CC(=O)O. The minimum atomic E-state index is -1.12. The van der Waals surface area contributed by atoms with E-state index in [1.807, 2.05) is 0 Å². The van der Waals surface area contributed by atoms with Gasteiger partial charge in [-0.3, -0.25) is 4.79 Å². The van der Waals surface area contributed by atoms with Crippen molar-refractivity contribution in [1.82, 2.24) is 5.32 Å². The van der Waals surface area contributed by atoms with Crippen LogP contribution in [0.25, 0.3) is 0 Å². The van der Waals surface area contributed by atoms with Gasteiger partial charge in [0.05, 0.1) is 18.6 Å². The highest BCUT2D eigenvalue weighted by atomic mass is 16.6. The molecule has 6 nitrogen and oxygen atoms in total. The van der Waals surface area contributed by atoms with Gasteiger partial charge in [0, 0.05) is 0 Å². The third-order valence-corrected chi connectivity index (χ3v) is 1.99. The molecule has 2 atom stereocenters. The maximum atomic E-state index is 11.4. The number of aliphatic hydroxyl groups is 1. The van der Waals surface area contributed by atoms with Crippen molar-refractivity contribution >= 4 is 12.1 Å². The topological polar surface area (TPSA) is 95.9 Å². The Labute approximate surface area is 101 Å². The number of carbonyl (C=O) groups is 2. The van der Waals surface area contributed by atoms with E-state index in [1.165, 1.54) is 0 Å². The van der Waals surface area contributed by atoms with E-state index in [0.717, 1.165) is 0 Å². The standard InChI is InChI=1S/C11H21NO5/c1-5-7(8(13)6-9(14)15)12-10(16)17-11(2,3)4/h7-8,13H,5-6H2,1-4H3,(H,12,16)(H,14,15)/t7-,8-/m1/s1. The predicted molar refractivity (Wildman–Crippen MR) is 61.7 cm³/mol. The maximum absolute atomic E-state index is 11.4. The van der Waals surface area contributed by atoms with Gasteiger partial charge >= 0.3 is 12.1 Å². The maximum Gasteiger partial charge on any atom is 0.407 e. The minimum Gasteiger partial charge on any atom is -0.481 e. The first-order chi connectivity index (χ1) is 7.65. The average Bonchev–Trinajstić information content (AvgIpc) is 2.09. The molecule has 0 aromatic rings. The molecule has 0 spiro atoms. The van der Waals surface area contributed by atoms with Crippen LogP contribution in [0.15, 0.2) is 0 Å². The van der Waals surface area contributed by atoms with Crippen LogP contribution in [0.1, 0.15) is 40.5 Å². The van der Waals surface area contributed by atoms with Gasteiger partial charge in [0.25, 0.3) is 0 Å². The summed E-state index contributed by atoms with van der Waals surface area (Å²) >= 11 is 0. The molecule has 100 valence electrons. The second kappa shape index (κ2) is 6.44. The zero-order valence-electron chi connectivity index (χ0n) is 10.7. The number of carboxylic acids is 1. The Bertz CT molecular complexity index is 272. The highest BCUT2D eigenvalue weighted by Gasteiger charge is 2.24. The summed E-state index contributed by atoms with van der Waals surface area (Å²) < 4.78 is 5.02. The van der Waals surface area contributed by atoms with E-state index in [2.05, 4.69) is 5.32 Å². The van der Waals surface area contributed by atoms with Gasteiger partial charge in [0.15, 0.2) is 0 Å². The van der Waals surface area contributed by atoms with Crippen LogP contribution in [0.5, 0.6) is 0 Å². The molecule has 1 amide bonds. The van der Waals surface area contributed by atoms with Crippen molar-refractivity contribution in [2.75, 3.05) is 0 Å². The van der Waals surface area contributed by atoms with Crippen LogP contribution < -0.4 is 5.32 Å². The van der Waals surface area contributed by atoms with Gasteiger partial charge in [-0.1, -0.05) is 6.92 Å². The lowest BCUT2D eigenvalue weighted by atomic mass is 10.1. The third-order valence-electron chi connectivity index (χ3n) is 1.99. The van der Waals surface area contributed by atoms with Crippen molar-refractivity contribution in [3.63, 3.8) is 0 Å². The van der Waals surface area contributed by atoms with Crippen LogP contribution in [0, 0.1) is 0 Å². The van der Waals surface area contributed by atoms with E-state index < -0.39 is 36.2 Å². The first-order valence-electron chi connectivity index (χ1n) is 5.55. The molecule has 0 aliphatic rings. The molecule has 0 aliphatic heterocycles. The summed E-state index contributed by atoms with van der Waals surface area (Å²) in [4.78, 5) is 21.9. The fraction of sp³-hybridized carbons (Fsp3) is 0.818. The number of rotatable bonds is 5. The van der Waals surface area contributed by atoms with Gasteiger partial charge in [-0.25, -0.2) is 4.79 Å². The summed E-state index contributed by atoms with van der Waals surface area (Å²) in [6.07, 6.45) is -1.76. The Morgan fingerprint density at radius 2 is 1.88 bits per heavy atom. The van der Waals surface area contributed by atoms with Crippen molar-refractivity contribution in [3.05, 3.63) is 0 Å². The van der Waals surface area contributed by atoms with Crippen LogP contribution in [-0.4, -0.2) is 40.0 Å². The number of alkyl carbamates (subject to hydrolysis) is 1. The minimum absolute atomic E-state index is 0.408. The number of amides is 1. The van der Waals surface area contributed by atoms with Crippen LogP contribution in [0.4, 0.5) is 4.79 Å². The molecular formula is C11H21NO5. The Hall–Kier alpha value is -1.30. The molecule has 17 heavy (non-hydrogen) atoms. The lowest BCUT2D eigenvalue weighted by Gasteiger charge is -2.25. The molecule has 3 N–H and O–H groups in total. The van der Waals surface area contributed by atoms with Gasteiger partial charge < -0.3 is 20.3 Å².